The lowest BCUT2D eigenvalue weighted by Crippen LogP contribution is -2.26. The van der Waals surface area contributed by atoms with Gasteiger partial charge in [-0.25, -0.2) is 0 Å². The Morgan fingerprint density at radius 3 is 2.47 bits per heavy atom. The summed E-state index contributed by atoms with van der Waals surface area (Å²) in [5, 5.41) is 0. The fourth-order valence-electron chi connectivity index (χ4n) is 2.84. The first-order chi connectivity index (χ1) is 9.25. The molecule has 3 unspecified atom stereocenters. The SMILES string of the molecule is NC(Cc1ccccc1Br)C1CC1c1ccccc1. The quantitative estimate of drug-likeness (QED) is 0.902. The van der Waals surface area contributed by atoms with E-state index in [4.69, 9.17) is 5.73 Å². The Bertz CT molecular complexity index is 552. The predicted molar refractivity (Wildman–Crippen MR) is 83.1 cm³/mol. The summed E-state index contributed by atoms with van der Waals surface area (Å²) >= 11 is 3.60. The molecule has 1 saturated carbocycles. The maximum Gasteiger partial charge on any atom is 0.0207 e. The summed E-state index contributed by atoms with van der Waals surface area (Å²) in [7, 11) is 0. The summed E-state index contributed by atoms with van der Waals surface area (Å²) in [4.78, 5) is 0. The van der Waals surface area contributed by atoms with Gasteiger partial charge in [-0.2, -0.15) is 0 Å². The Labute approximate surface area is 123 Å². The van der Waals surface area contributed by atoms with Crippen molar-refractivity contribution in [1.29, 1.82) is 0 Å². The number of hydrogen-bond donors (Lipinski definition) is 1. The van der Waals surface area contributed by atoms with Crippen molar-refractivity contribution in [2.24, 2.45) is 11.7 Å². The molecule has 0 saturated heterocycles. The second-order valence-electron chi connectivity index (χ2n) is 5.38. The molecule has 98 valence electrons. The third-order valence-electron chi connectivity index (χ3n) is 4.03. The summed E-state index contributed by atoms with van der Waals surface area (Å²) in [5.74, 6) is 1.30. The summed E-state index contributed by atoms with van der Waals surface area (Å²) in [5.41, 5.74) is 9.14. The van der Waals surface area contributed by atoms with Gasteiger partial charge in [-0.3, -0.25) is 0 Å². The Kier molecular flexibility index (Phi) is 3.72. The summed E-state index contributed by atoms with van der Waals surface area (Å²) in [6.07, 6.45) is 2.19. The van der Waals surface area contributed by atoms with Gasteiger partial charge in [0.05, 0.1) is 0 Å². The van der Waals surface area contributed by atoms with Gasteiger partial charge in [-0.15, -0.1) is 0 Å². The standard InChI is InChI=1S/C17H18BrN/c18-16-9-5-4-8-13(16)10-17(19)15-11-14(15)12-6-2-1-3-7-12/h1-9,14-15,17H,10-11,19H2. The third-order valence-corrected chi connectivity index (χ3v) is 4.80. The summed E-state index contributed by atoms with van der Waals surface area (Å²) in [6.45, 7) is 0. The summed E-state index contributed by atoms with van der Waals surface area (Å²) in [6, 6.07) is 19.4. The topological polar surface area (TPSA) is 26.0 Å². The minimum absolute atomic E-state index is 0.254. The number of nitrogens with two attached hydrogens (primary N) is 1. The van der Waals surface area contributed by atoms with Crippen LogP contribution in [0.15, 0.2) is 59.1 Å². The van der Waals surface area contributed by atoms with Gasteiger partial charge in [0.15, 0.2) is 0 Å². The van der Waals surface area contributed by atoms with Gasteiger partial charge < -0.3 is 5.73 Å². The van der Waals surface area contributed by atoms with Crippen LogP contribution in [0.1, 0.15) is 23.5 Å². The van der Waals surface area contributed by atoms with Gasteiger partial charge in [0.2, 0.25) is 0 Å². The number of rotatable bonds is 4. The molecular formula is C17H18BrN. The highest BCUT2D eigenvalue weighted by Crippen LogP contribution is 2.49. The number of halogens is 1. The van der Waals surface area contributed by atoms with E-state index in [-0.39, 0.29) is 6.04 Å². The van der Waals surface area contributed by atoms with E-state index in [0.717, 1.165) is 6.42 Å². The maximum atomic E-state index is 6.39. The van der Waals surface area contributed by atoms with Gasteiger partial charge in [-0.1, -0.05) is 64.5 Å². The fourth-order valence-corrected chi connectivity index (χ4v) is 3.29. The lowest BCUT2D eigenvalue weighted by atomic mass is 10.00. The Morgan fingerprint density at radius 1 is 1.05 bits per heavy atom. The molecule has 0 aliphatic heterocycles. The average Bonchev–Trinajstić information content (AvgIpc) is 3.23. The molecule has 1 aliphatic carbocycles. The molecule has 0 aromatic heterocycles. The highest BCUT2D eigenvalue weighted by molar-refractivity contribution is 9.10. The molecule has 19 heavy (non-hydrogen) atoms. The third kappa shape index (κ3) is 2.90. The predicted octanol–water partition coefficient (Wildman–Crippen LogP) is 4.12. The Balaban J connectivity index is 1.64. The average molecular weight is 316 g/mol. The molecule has 2 N–H and O–H groups in total. The molecule has 0 heterocycles. The molecule has 3 atom stereocenters. The highest BCUT2D eigenvalue weighted by Gasteiger charge is 2.42. The zero-order valence-electron chi connectivity index (χ0n) is 10.8. The van der Waals surface area contributed by atoms with Crippen molar-refractivity contribution in [2.45, 2.75) is 24.8 Å². The van der Waals surface area contributed by atoms with E-state index in [1.165, 1.54) is 22.0 Å². The zero-order valence-corrected chi connectivity index (χ0v) is 12.4. The van der Waals surface area contributed by atoms with E-state index < -0.39 is 0 Å². The van der Waals surface area contributed by atoms with Crippen molar-refractivity contribution >= 4 is 15.9 Å². The van der Waals surface area contributed by atoms with Gasteiger partial charge in [0, 0.05) is 10.5 Å². The van der Waals surface area contributed by atoms with E-state index in [1.54, 1.807) is 0 Å². The van der Waals surface area contributed by atoms with Crippen LogP contribution in [0.5, 0.6) is 0 Å². The molecule has 2 aromatic rings. The van der Waals surface area contributed by atoms with Crippen molar-refractivity contribution in [3.63, 3.8) is 0 Å². The molecule has 2 heteroatoms. The van der Waals surface area contributed by atoms with Crippen molar-refractivity contribution in [1.82, 2.24) is 0 Å². The molecule has 1 fully saturated rings. The molecule has 0 bridgehead atoms. The molecule has 3 rings (SSSR count). The van der Waals surface area contributed by atoms with Gasteiger partial charge >= 0.3 is 0 Å². The molecule has 1 nitrogen and oxygen atoms in total. The first kappa shape index (κ1) is 12.9. The first-order valence-corrected chi connectivity index (χ1v) is 7.59. The van der Waals surface area contributed by atoms with Gasteiger partial charge in [-0.05, 0) is 41.9 Å². The van der Waals surface area contributed by atoms with Crippen LogP contribution in [0.4, 0.5) is 0 Å². The van der Waals surface area contributed by atoms with E-state index in [1.807, 2.05) is 6.07 Å². The van der Waals surface area contributed by atoms with Crippen LogP contribution in [-0.2, 0) is 6.42 Å². The minimum atomic E-state index is 0.254. The van der Waals surface area contributed by atoms with Crippen molar-refractivity contribution in [3.05, 3.63) is 70.2 Å². The monoisotopic (exact) mass is 315 g/mol. The van der Waals surface area contributed by atoms with Gasteiger partial charge in [0.25, 0.3) is 0 Å². The molecule has 2 aromatic carbocycles. The molecule has 0 spiro atoms. The zero-order chi connectivity index (χ0) is 13.2. The first-order valence-electron chi connectivity index (χ1n) is 6.79. The van der Waals surface area contributed by atoms with Crippen LogP contribution >= 0.6 is 15.9 Å². The second kappa shape index (κ2) is 5.48. The van der Waals surface area contributed by atoms with Crippen LogP contribution in [0.25, 0.3) is 0 Å². The lowest BCUT2D eigenvalue weighted by molar-refractivity contribution is 0.577. The molecule has 0 radical (unpaired) electrons. The van der Waals surface area contributed by atoms with Crippen LogP contribution in [0.3, 0.4) is 0 Å². The van der Waals surface area contributed by atoms with Crippen LogP contribution in [0.2, 0.25) is 0 Å². The highest BCUT2D eigenvalue weighted by atomic mass is 79.9. The van der Waals surface area contributed by atoms with E-state index in [2.05, 4.69) is 64.5 Å². The number of benzene rings is 2. The fraction of sp³-hybridized carbons (Fsp3) is 0.294. The van der Waals surface area contributed by atoms with E-state index >= 15 is 0 Å². The van der Waals surface area contributed by atoms with E-state index in [9.17, 15) is 0 Å². The maximum absolute atomic E-state index is 6.39. The Morgan fingerprint density at radius 2 is 1.74 bits per heavy atom. The van der Waals surface area contributed by atoms with Crippen molar-refractivity contribution in [3.8, 4) is 0 Å². The smallest absolute Gasteiger partial charge is 0.0207 e. The lowest BCUT2D eigenvalue weighted by Gasteiger charge is -2.13. The van der Waals surface area contributed by atoms with E-state index in [0.29, 0.717) is 11.8 Å². The largest absolute Gasteiger partial charge is 0.327 e. The van der Waals surface area contributed by atoms with Crippen molar-refractivity contribution < 1.29 is 0 Å². The summed E-state index contributed by atoms with van der Waals surface area (Å²) < 4.78 is 1.17. The second-order valence-corrected chi connectivity index (χ2v) is 6.23. The molecule has 1 aliphatic rings. The molecule has 0 amide bonds. The number of hydrogen-bond acceptors (Lipinski definition) is 1. The van der Waals surface area contributed by atoms with Gasteiger partial charge in [0.1, 0.15) is 0 Å². The van der Waals surface area contributed by atoms with Crippen LogP contribution in [-0.4, -0.2) is 6.04 Å². The Hall–Kier alpha value is -1.12. The normalized spacial score (nSPS) is 23.1. The minimum Gasteiger partial charge on any atom is -0.327 e. The molecular weight excluding hydrogens is 298 g/mol. The van der Waals surface area contributed by atoms with Crippen LogP contribution < -0.4 is 5.73 Å². The van der Waals surface area contributed by atoms with Crippen LogP contribution in [0, 0.1) is 5.92 Å². The van der Waals surface area contributed by atoms with Crippen molar-refractivity contribution in [2.75, 3.05) is 0 Å².